The third-order valence-corrected chi connectivity index (χ3v) is 5.31. The lowest BCUT2D eigenvalue weighted by molar-refractivity contribution is 0.392. The molecule has 124 valence electrons. The molecule has 0 aliphatic carbocycles. The first-order valence-corrected chi connectivity index (χ1v) is 9.54. The lowest BCUT2D eigenvalue weighted by Gasteiger charge is -2.02. The molecule has 0 saturated carbocycles. The van der Waals surface area contributed by atoms with Gasteiger partial charge in [-0.25, -0.2) is 0 Å². The fourth-order valence-corrected chi connectivity index (χ4v) is 3.53. The molecule has 0 N–H and O–H groups in total. The number of thiophene rings is 1. The van der Waals surface area contributed by atoms with E-state index >= 15 is 0 Å². The largest absolute Gasteiger partial charge is 0.338 e. The Morgan fingerprint density at radius 1 is 1.04 bits per heavy atom. The molecule has 0 atom stereocenters. The van der Waals surface area contributed by atoms with E-state index in [1.165, 1.54) is 17.3 Å². The van der Waals surface area contributed by atoms with E-state index in [1.807, 2.05) is 29.6 Å². The van der Waals surface area contributed by atoms with Crippen molar-refractivity contribution in [3.05, 3.63) is 65.4 Å². The Hall–Kier alpha value is -2.51. The normalized spacial score (nSPS) is 10.9. The Labute approximate surface area is 153 Å². The van der Waals surface area contributed by atoms with Gasteiger partial charge < -0.3 is 4.52 Å². The van der Waals surface area contributed by atoms with Crippen molar-refractivity contribution in [1.29, 1.82) is 0 Å². The lowest BCUT2D eigenvalue weighted by Crippen LogP contribution is -1.90. The molecule has 25 heavy (non-hydrogen) atoms. The highest BCUT2D eigenvalue weighted by Crippen LogP contribution is 2.25. The predicted molar refractivity (Wildman–Crippen MR) is 99.4 cm³/mol. The molecule has 0 fully saturated rings. The number of aryl methyl sites for hydroxylation is 1. The summed E-state index contributed by atoms with van der Waals surface area (Å²) in [5.74, 6) is 1.78. The summed E-state index contributed by atoms with van der Waals surface area (Å²) >= 11 is 3.11. The monoisotopic (exact) mass is 366 g/mol. The van der Waals surface area contributed by atoms with Gasteiger partial charge in [-0.3, -0.25) is 0 Å². The Kier molecular flexibility index (Phi) is 4.58. The summed E-state index contributed by atoms with van der Waals surface area (Å²) < 4.78 is 5.29. The molecule has 7 heteroatoms. The smallest absolute Gasteiger partial charge is 0.237 e. The zero-order valence-corrected chi connectivity index (χ0v) is 15.0. The minimum atomic E-state index is 0.566. The summed E-state index contributed by atoms with van der Waals surface area (Å²) in [6, 6.07) is 16.1. The van der Waals surface area contributed by atoms with Gasteiger partial charge in [-0.15, -0.1) is 21.5 Å². The standard InChI is InChI=1S/C18H14N4OS2/c1-12-4-6-13(7-5-12)14-8-9-17(21-20-14)25-11-16-19-18(22-23-16)15-3-2-10-24-15/h2-10H,11H2,1H3. The van der Waals surface area contributed by atoms with Gasteiger partial charge in [0.25, 0.3) is 0 Å². The number of aromatic nitrogens is 4. The molecule has 0 amide bonds. The second kappa shape index (κ2) is 7.16. The van der Waals surface area contributed by atoms with E-state index in [0.29, 0.717) is 17.5 Å². The SMILES string of the molecule is Cc1ccc(-c2ccc(SCc3nc(-c4cccs4)no3)nn2)cc1. The first-order valence-electron chi connectivity index (χ1n) is 7.68. The van der Waals surface area contributed by atoms with Gasteiger partial charge in [0, 0.05) is 5.56 Å². The Balaban J connectivity index is 1.41. The Morgan fingerprint density at radius 2 is 1.92 bits per heavy atom. The molecule has 0 aliphatic heterocycles. The fraction of sp³-hybridized carbons (Fsp3) is 0.111. The van der Waals surface area contributed by atoms with E-state index < -0.39 is 0 Å². The van der Waals surface area contributed by atoms with Gasteiger partial charge in [-0.05, 0) is 30.5 Å². The average Bonchev–Trinajstić information content (AvgIpc) is 3.33. The predicted octanol–water partition coefficient (Wildman–Crippen LogP) is 4.86. The van der Waals surface area contributed by atoms with Crippen LogP contribution >= 0.6 is 23.1 Å². The van der Waals surface area contributed by atoms with Crippen LogP contribution in [0.15, 0.2) is 63.5 Å². The number of rotatable bonds is 5. The van der Waals surface area contributed by atoms with E-state index in [9.17, 15) is 0 Å². The molecule has 3 heterocycles. The number of hydrogen-bond donors (Lipinski definition) is 0. The summed E-state index contributed by atoms with van der Waals surface area (Å²) in [6.45, 7) is 2.07. The van der Waals surface area contributed by atoms with E-state index in [4.69, 9.17) is 4.52 Å². The maximum atomic E-state index is 5.29. The van der Waals surface area contributed by atoms with Gasteiger partial charge in [0.15, 0.2) is 0 Å². The van der Waals surface area contributed by atoms with Gasteiger partial charge in [0.05, 0.1) is 16.3 Å². The second-order valence-electron chi connectivity index (χ2n) is 5.40. The van der Waals surface area contributed by atoms with Crippen molar-refractivity contribution in [3.63, 3.8) is 0 Å². The Bertz CT molecular complexity index is 948. The Morgan fingerprint density at radius 3 is 2.64 bits per heavy atom. The molecule has 0 spiro atoms. The third kappa shape index (κ3) is 3.78. The molecule has 0 unspecified atom stereocenters. The van der Waals surface area contributed by atoms with Crippen molar-refractivity contribution in [2.45, 2.75) is 17.7 Å². The summed E-state index contributed by atoms with van der Waals surface area (Å²) in [7, 11) is 0. The van der Waals surface area contributed by atoms with Crippen LogP contribution in [-0.4, -0.2) is 20.3 Å². The van der Waals surface area contributed by atoms with Crippen LogP contribution in [-0.2, 0) is 5.75 Å². The van der Waals surface area contributed by atoms with Crippen molar-refractivity contribution in [2.75, 3.05) is 0 Å². The highest BCUT2D eigenvalue weighted by molar-refractivity contribution is 7.98. The third-order valence-electron chi connectivity index (χ3n) is 3.54. The van der Waals surface area contributed by atoms with Crippen LogP contribution in [0.25, 0.3) is 22.0 Å². The molecule has 1 aromatic carbocycles. The molecule has 3 aromatic heterocycles. The van der Waals surface area contributed by atoms with Crippen molar-refractivity contribution in [3.8, 4) is 22.0 Å². The first-order chi connectivity index (χ1) is 12.3. The number of nitrogens with zero attached hydrogens (tertiary/aromatic N) is 4. The highest BCUT2D eigenvalue weighted by atomic mass is 32.2. The quantitative estimate of drug-likeness (QED) is 0.470. The molecule has 0 bridgehead atoms. The van der Waals surface area contributed by atoms with Crippen LogP contribution in [0.1, 0.15) is 11.5 Å². The highest BCUT2D eigenvalue weighted by Gasteiger charge is 2.10. The van der Waals surface area contributed by atoms with E-state index in [2.05, 4.69) is 51.5 Å². The minimum Gasteiger partial charge on any atom is -0.338 e. The topological polar surface area (TPSA) is 64.7 Å². The van der Waals surface area contributed by atoms with Gasteiger partial charge in [0.2, 0.25) is 11.7 Å². The summed E-state index contributed by atoms with van der Waals surface area (Å²) in [5, 5.41) is 15.4. The van der Waals surface area contributed by atoms with Crippen LogP contribution < -0.4 is 0 Å². The van der Waals surface area contributed by atoms with E-state index in [-0.39, 0.29) is 0 Å². The van der Waals surface area contributed by atoms with Crippen LogP contribution in [0, 0.1) is 6.92 Å². The summed E-state index contributed by atoms with van der Waals surface area (Å²) in [6.07, 6.45) is 0. The molecule has 0 radical (unpaired) electrons. The van der Waals surface area contributed by atoms with Crippen molar-refractivity contribution >= 4 is 23.1 Å². The van der Waals surface area contributed by atoms with Crippen LogP contribution in [0.4, 0.5) is 0 Å². The minimum absolute atomic E-state index is 0.566. The van der Waals surface area contributed by atoms with Crippen LogP contribution in [0.5, 0.6) is 0 Å². The summed E-state index contributed by atoms with van der Waals surface area (Å²) in [4.78, 5) is 5.41. The van der Waals surface area contributed by atoms with Crippen molar-refractivity contribution in [1.82, 2.24) is 20.3 Å². The molecule has 4 rings (SSSR count). The van der Waals surface area contributed by atoms with Gasteiger partial charge in [-0.1, -0.05) is 52.8 Å². The number of thioether (sulfide) groups is 1. The molecular weight excluding hydrogens is 352 g/mol. The zero-order chi connectivity index (χ0) is 17.1. The van der Waals surface area contributed by atoms with Crippen molar-refractivity contribution < 1.29 is 4.52 Å². The molecule has 4 aromatic rings. The zero-order valence-electron chi connectivity index (χ0n) is 13.4. The second-order valence-corrected chi connectivity index (χ2v) is 7.34. The van der Waals surface area contributed by atoms with E-state index in [0.717, 1.165) is 21.2 Å². The number of hydrogen-bond acceptors (Lipinski definition) is 7. The van der Waals surface area contributed by atoms with Crippen LogP contribution in [0.2, 0.25) is 0 Å². The van der Waals surface area contributed by atoms with Gasteiger partial charge >= 0.3 is 0 Å². The van der Waals surface area contributed by atoms with Gasteiger partial charge in [-0.2, -0.15) is 4.98 Å². The molecule has 0 aliphatic rings. The average molecular weight is 366 g/mol. The lowest BCUT2D eigenvalue weighted by atomic mass is 10.1. The maximum Gasteiger partial charge on any atom is 0.237 e. The molecule has 5 nitrogen and oxygen atoms in total. The fourth-order valence-electron chi connectivity index (χ4n) is 2.23. The number of benzene rings is 1. The molecular formula is C18H14N4OS2. The van der Waals surface area contributed by atoms with E-state index in [1.54, 1.807) is 11.3 Å². The first kappa shape index (κ1) is 16.0. The summed E-state index contributed by atoms with van der Waals surface area (Å²) in [5.41, 5.74) is 3.15. The van der Waals surface area contributed by atoms with Gasteiger partial charge in [0.1, 0.15) is 5.03 Å². The van der Waals surface area contributed by atoms with Crippen molar-refractivity contribution in [2.24, 2.45) is 0 Å². The van der Waals surface area contributed by atoms with Crippen LogP contribution in [0.3, 0.4) is 0 Å². The molecule has 0 saturated heterocycles. The maximum absolute atomic E-state index is 5.29.